The zero-order valence-corrected chi connectivity index (χ0v) is 15.4. The minimum atomic E-state index is -4.22. The van der Waals surface area contributed by atoms with Crippen molar-refractivity contribution >= 4 is 26.0 Å². The van der Waals surface area contributed by atoms with Crippen molar-refractivity contribution in [3.05, 3.63) is 52.6 Å². The highest BCUT2D eigenvalue weighted by Gasteiger charge is 2.34. The molecule has 0 amide bonds. The fourth-order valence-electron chi connectivity index (χ4n) is 2.66. The van der Waals surface area contributed by atoms with Crippen molar-refractivity contribution in [2.45, 2.75) is 23.8 Å². The normalized spacial score (nSPS) is 16.8. The maximum Gasteiger partial charge on any atom is 0.248 e. The van der Waals surface area contributed by atoms with Crippen LogP contribution in [0.5, 0.6) is 5.88 Å². The first-order valence-electron chi connectivity index (χ1n) is 7.61. The van der Waals surface area contributed by atoms with Gasteiger partial charge in [-0.25, -0.2) is 22.2 Å². The van der Waals surface area contributed by atoms with Crippen LogP contribution in [0.3, 0.4) is 0 Å². The molecule has 0 spiro atoms. The lowest BCUT2D eigenvalue weighted by molar-refractivity contribution is 0.129. The van der Waals surface area contributed by atoms with Crippen LogP contribution in [0.25, 0.3) is 0 Å². The van der Waals surface area contributed by atoms with Gasteiger partial charge >= 0.3 is 0 Å². The number of benzene rings is 1. The summed E-state index contributed by atoms with van der Waals surface area (Å²) in [4.78, 5) is 3.21. The summed E-state index contributed by atoms with van der Waals surface area (Å²) >= 11 is 3.34. The maximum atomic E-state index is 13.8. The molecular formula is C16H15BrF2N2O3S. The molecule has 3 rings (SSSR count). The topological polar surface area (TPSA) is 59.5 Å². The molecule has 0 radical (unpaired) electrons. The first-order valence-corrected chi connectivity index (χ1v) is 9.84. The molecule has 5 nitrogen and oxygen atoms in total. The van der Waals surface area contributed by atoms with Crippen LogP contribution in [0.2, 0.25) is 0 Å². The van der Waals surface area contributed by atoms with Gasteiger partial charge in [-0.2, -0.15) is 4.31 Å². The van der Waals surface area contributed by atoms with E-state index in [0.29, 0.717) is 23.2 Å². The summed E-state index contributed by atoms with van der Waals surface area (Å²) in [6.45, 7) is 0.233. The van der Waals surface area contributed by atoms with E-state index in [1.165, 1.54) is 0 Å². The molecule has 1 fully saturated rings. The number of nitrogens with zero attached hydrogens (tertiary/aromatic N) is 2. The number of aromatic nitrogens is 1. The Morgan fingerprint density at radius 2 is 1.76 bits per heavy atom. The second-order valence-electron chi connectivity index (χ2n) is 5.56. The van der Waals surface area contributed by atoms with E-state index in [-0.39, 0.29) is 19.2 Å². The molecule has 9 heteroatoms. The molecule has 0 aliphatic carbocycles. The van der Waals surface area contributed by atoms with Gasteiger partial charge in [-0.15, -0.1) is 0 Å². The molecule has 0 saturated carbocycles. The molecule has 0 unspecified atom stereocenters. The van der Waals surface area contributed by atoms with Gasteiger partial charge in [0.2, 0.25) is 15.9 Å². The highest BCUT2D eigenvalue weighted by molar-refractivity contribution is 9.10. The van der Waals surface area contributed by atoms with Crippen molar-refractivity contribution in [1.82, 2.24) is 9.29 Å². The predicted octanol–water partition coefficient (Wildman–Crippen LogP) is 3.35. The second kappa shape index (κ2) is 7.35. The van der Waals surface area contributed by atoms with Gasteiger partial charge < -0.3 is 4.74 Å². The third-order valence-corrected chi connectivity index (χ3v) is 6.48. The number of rotatable bonds is 4. The van der Waals surface area contributed by atoms with Crippen LogP contribution in [-0.2, 0) is 10.0 Å². The second-order valence-corrected chi connectivity index (χ2v) is 8.29. The van der Waals surface area contributed by atoms with E-state index in [1.54, 1.807) is 18.3 Å². The quantitative estimate of drug-likeness (QED) is 0.742. The summed E-state index contributed by atoms with van der Waals surface area (Å²) in [5, 5.41) is 0. The minimum absolute atomic E-state index is 0.116. The van der Waals surface area contributed by atoms with Gasteiger partial charge in [0.05, 0.1) is 4.47 Å². The van der Waals surface area contributed by atoms with E-state index in [0.717, 1.165) is 22.5 Å². The van der Waals surface area contributed by atoms with E-state index in [1.807, 2.05) is 0 Å². The van der Waals surface area contributed by atoms with Gasteiger partial charge in [0.1, 0.15) is 17.7 Å². The van der Waals surface area contributed by atoms with Crippen molar-refractivity contribution < 1.29 is 21.9 Å². The predicted molar refractivity (Wildman–Crippen MR) is 90.7 cm³/mol. The van der Waals surface area contributed by atoms with Crippen LogP contribution in [0.1, 0.15) is 12.8 Å². The summed E-state index contributed by atoms with van der Waals surface area (Å²) in [5.74, 6) is -1.74. The minimum Gasteiger partial charge on any atom is -0.473 e. The zero-order valence-electron chi connectivity index (χ0n) is 13.0. The van der Waals surface area contributed by atoms with Crippen LogP contribution < -0.4 is 4.74 Å². The molecule has 1 aromatic heterocycles. The monoisotopic (exact) mass is 432 g/mol. The van der Waals surface area contributed by atoms with E-state index in [2.05, 4.69) is 20.9 Å². The van der Waals surface area contributed by atoms with Gasteiger partial charge in [-0.3, -0.25) is 0 Å². The lowest BCUT2D eigenvalue weighted by atomic mass is 10.1. The molecule has 0 bridgehead atoms. The fraction of sp³-hybridized carbons (Fsp3) is 0.312. The molecule has 0 atom stereocenters. The van der Waals surface area contributed by atoms with Gasteiger partial charge in [0, 0.05) is 19.3 Å². The number of sulfonamides is 1. The van der Waals surface area contributed by atoms with Crippen LogP contribution in [-0.4, -0.2) is 36.9 Å². The van der Waals surface area contributed by atoms with Gasteiger partial charge in [0.25, 0.3) is 0 Å². The van der Waals surface area contributed by atoms with Crippen molar-refractivity contribution in [2.75, 3.05) is 13.1 Å². The molecule has 0 N–H and O–H groups in total. The van der Waals surface area contributed by atoms with Crippen molar-refractivity contribution in [3.8, 4) is 5.88 Å². The third-order valence-electron chi connectivity index (χ3n) is 3.92. The number of halogens is 3. The standard InChI is InChI=1S/C16H15BrF2N2O3S/c17-12-3-2-8-20-16(12)24-11-6-9-21(10-7-11)25(22,23)15-13(18)4-1-5-14(15)19/h1-5,8,11H,6-7,9-10H2. The summed E-state index contributed by atoms with van der Waals surface area (Å²) in [6, 6.07) is 6.56. The Morgan fingerprint density at radius 3 is 2.36 bits per heavy atom. The van der Waals surface area contributed by atoms with Gasteiger partial charge in [-0.05, 0) is 53.0 Å². The number of hydrogen-bond acceptors (Lipinski definition) is 4. The summed E-state index contributed by atoms with van der Waals surface area (Å²) in [6.07, 6.45) is 2.18. The maximum absolute atomic E-state index is 13.8. The SMILES string of the molecule is O=S(=O)(c1c(F)cccc1F)N1CCC(Oc2ncccc2Br)CC1. The Labute approximate surface area is 152 Å². The molecule has 1 aromatic carbocycles. The first-order chi connectivity index (χ1) is 11.9. The first kappa shape index (κ1) is 18.2. The smallest absolute Gasteiger partial charge is 0.248 e. The number of hydrogen-bond donors (Lipinski definition) is 0. The van der Waals surface area contributed by atoms with Crippen LogP contribution in [0.4, 0.5) is 8.78 Å². The van der Waals surface area contributed by atoms with E-state index < -0.39 is 26.6 Å². The lowest BCUT2D eigenvalue weighted by Gasteiger charge is -2.31. The van der Waals surface area contributed by atoms with Crippen molar-refractivity contribution in [3.63, 3.8) is 0 Å². The third kappa shape index (κ3) is 3.83. The Bertz CT molecular complexity index is 851. The van der Waals surface area contributed by atoms with E-state index in [9.17, 15) is 17.2 Å². The lowest BCUT2D eigenvalue weighted by Crippen LogP contribution is -2.42. The highest BCUT2D eigenvalue weighted by atomic mass is 79.9. The Balaban J connectivity index is 1.71. The molecule has 2 aromatic rings. The molecule has 25 heavy (non-hydrogen) atoms. The Morgan fingerprint density at radius 1 is 1.12 bits per heavy atom. The molecule has 1 aliphatic heterocycles. The van der Waals surface area contributed by atoms with E-state index >= 15 is 0 Å². The average Bonchev–Trinajstić information content (AvgIpc) is 2.57. The summed E-state index contributed by atoms with van der Waals surface area (Å²) in [7, 11) is -4.22. The molecule has 1 aliphatic rings. The average molecular weight is 433 g/mol. The molecular weight excluding hydrogens is 418 g/mol. The Kier molecular flexibility index (Phi) is 5.35. The van der Waals surface area contributed by atoms with Crippen molar-refractivity contribution in [1.29, 1.82) is 0 Å². The van der Waals surface area contributed by atoms with Gasteiger partial charge in [0.15, 0.2) is 4.90 Å². The summed E-state index contributed by atoms with van der Waals surface area (Å²) < 4.78 is 60.3. The molecule has 134 valence electrons. The highest BCUT2D eigenvalue weighted by Crippen LogP contribution is 2.28. The van der Waals surface area contributed by atoms with Crippen LogP contribution in [0, 0.1) is 11.6 Å². The molecule has 2 heterocycles. The van der Waals surface area contributed by atoms with Crippen LogP contribution in [0.15, 0.2) is 45.9 Å². The number of ether oxygens (including phenoxy) is 1. The largest absolute Gasteiger partial charge is 0.473 e. The molecule has 1 saturated heterocycles. The Hall–Kier alpha value is -1.58. The number of piperidine rings is 1. The van der Waals surface area contributed by atoms with Crippen LogP contribution >= 0.6 is 15.9 Å². The number of pyridine rings is 1. The fourth-order valence-corrected chi connectivity index (χ4v) is 4.59. The summed E-state index contributed by atoms with van der Waals surface area (Å²) in [5.41, 5.74) is 0. The van der Waals surface area contributed by atoms with Gasteiger partial charge in [-0.1, -0.05) is 6.07 Å². The zero-order chi connectivity index (χ0) is 18.0. The van der Waals surface area contributed by atoms with E-state index in [4.69, 9.17) is 4.74 Å². The van der Waals surface area contributed by atoms with Crippen molar-refractivity contribution in [2.24, 2.45) is 0 Å².